The van der Waals surface area contributed by atoms with Crippen molar-refractivity contribution >= 4 is 0 Å². The molecule has 0 amide bonds. The summed E-state index contributed by atoms with van der Waals surface area (Å²) in [7, 11) is 1.76. The van der Waals surface area contributed by atoms with Gasteiger partial charge in [0, 0.05) is 38.4 Å². The summed E-state index contributed by atoms with van der Waals surface area (Å²) in [4.78, 5) is 2.59. The first-order valence-corrected chi connectivity index (χ1v) is 6.78. The van der Waals surface area contributed by atoms with Gasteiger partial charge in [0.2, 0.25) is 0 Å². The van der Waals surface area contributed by atoms with Crippen LogP contribution in [0.2, 0.25) is 0 Å². The van der Waals surface area contributed by atoms with Gasteiger partial charge in [0.25, 0.3) is 0 Å². The smallest absolute Gasteiger partial charge is 0.0731 e. The van der Waals surface area contributed by atoms with Crippen LogP contribution in [0.15, 0.2) is 0 Å². The van der Waals surface area contributed by atoms with Crippen LogP contribution in [0.3, 0.4) is 0 Å². The first-order chi connectivity index (χ1) is 8.21. The number of nitrogens with zero attached hydrogens (tertiary/aromatic N) is 1. The third-order valence-electron chi connectivity index (χ3n) is 4.46. The van der Waals surface area contributed by atoms with E-state index in [9.17, 15) is 0 Å². The van der Waals surface area contributed by atoms with Crippen LogP contribution in [0.25, 0.3) is 0 Å². The van der Waals surface area contributed by atoms with Crippen LogP contribution >= 0.6 is 0 Å². The lowest BCUT2D eigenvalue weighted by Crippen LogP contribution is -2.61. The fourth-order valence-corrected chi connectivity index (χ4v) is 3.28. The van der Waals surface area contributed by atoms with Crippen molar-refractivity contribution < 1.29 is 9.47 Å². The summed E-state index contributed by atoms with van der Waals surface area (Å²) in [6.07, 6.45) is 5.21. The molecule has 17 heavy (non-hydrogen) atoms. The summed E-state index contributed by atoms with van der Waals surface area (Å²) in [5.41, 5.74) is 6.09. The molecule has 0 radical (unpaired) electrons. The first-order valence-electron chi connectivity index (χ1n) is 6.78. The van der Waals surface area contributed by atoms with Gasteiger partial charge in [0.05, 0.1) is 12.7 Å². The third kappa shape index (κ3) is 2.65. The number of morpholine rings is 1. The van der Waals surface area contributed by atoms with Crippen molar-refractivity contribution in [3.8, 4) is 0 Å². The van der Waals surface area contributed by atoms with Crippen LogP contribution in [-0.2, 0) is 9.47 Å². The zero-order valence-corrected chi connectivity index (χ0v) is 11.2. The molecular formula is C13H26N2O2. The van der Waals surface area contributed by atoms with Crippen molar-refractivity contribution in [2.24, 2.45) is 5.73 Å². The summed E-state index contributed by atoms with van der Waals surface area (Å²) < 4.78 is 11.1. The molecule has 2 fully saturated rings. The Bertz CT molecular complexity index is 250. The highest BCUT2D eigenvalue weighted by Gasteiger charge is 2.43. The van der Waals surface area contributed by atoms with Crippen LogP contribution in [-0.4, -0.2) is 56.0 Å². The van der Waals surface area contributed by atoms with E-state index in [1.54, 1.807) is 7.11 Å². The van der Waals surface area contributed by atoms with Gasteiger partial charge in [-0.25, -0.2) is 0 Å². The summed E-state index contributed by atoms with van der Waals surface area (Å²) in [6.45, 7) is 5.61. The molecule has 1 heterocycles. The molecule has 3 atom stereocenters. The molecule has 0 aromatic rings. The van der Waals surface area contributed by atoms with Gasteiger partial charge in [0.1, 0.15) is 0 Å². The maximum Gasteiger partial charge on any atom is 0.0731 e. The highest BCUT2D eigenvalue weighted by molar-refractivity contribution is 4.98. The van der Waals surface area contributed by atoms with Gasteiger partial charge >= 0.3 is 0 Å². The van der Waals surface area contributed by atoms with Gasteiger partial charge in [-0.2, -0.15) is 0 Å². The molecule has 2 N–H and O–H groups in total. The van der Waals surface area contributed by atoms with Gasteiger partial charge in [0.15, 0.2) is 0 Å². The number of ether oxygens (including phenoxy) is 2. The molecule has 4 nitrogen and oxygen atoms in total. The SMILES string of the molecule is COCCC(C)(CN)N1CCOC2CCCC21. The second-order valence-electron chi connectivity index (χ2n) is 5.54. The molecule has 3 unspecified atom stereocenters. The monoisotopic (exact) mass is 242 g/mol. The van der Waals surface area contributed by atoms with Crippen LogP contribution in [0.4, 0.5) is 0 Å². The molecule has 0 spiro atoms. The minimum absolute atomic E-state index is 0.0625. The van der Waals surface area contributed by atoms with Crippen molar-refractivity contribution in [1.29, 1.82) is 0 Å². The molecular weight excluding hydrogens is 216 g/mol. The predicted octanol–water partition coefficient (Wildman–Crippen LogP) is 0.994. The Morgan fingerprint density at radius 1 is 1.47 bits per heavy atom. The number of fused-ring (bicyclic) bond motifs is 1. The average molecular weight is 242 g/mol. The second kappa shape index (κ2) is 5.65. The molecule has 1 aliphatic heterocycles. The first kappa shape index (κ1) is 13.3. The fourth-order valence-electron chi connectivity index (χ4n) is 3.28. The van der Waals surface area contributed by atoms with Crippen LogP contribution < -0.4 is 5.73 Å². The lowest BCUT2D eigenvalue weighted by atomic mass is 9.92. The fraction of sp³-hybridized carbons (Fsp3) is 1.00. The molecule has 4 heteroatoms. The Morgan fingerprint density at radius 3 is 3.00 bits per heavy atom. The maximum absolute atomic E-state index is 6.02. The molecule has 0 bridgehead atoms. The Hall–Kier alpha value is -0.160. The van der Waals surface area contributed by atoms with E-state index in [2.05, 4.69) is 11.8 Å². The minimum atomic E-state index is 0.0625. The normalized spacial score (nSPS) is 33.4. The van der Waals surface area contributed by atoms with E-state index < -0.39 is 0 Å². The van der Waals surface area contributed by atoms with Crippen molar-refractivity contribution in [2.45, 2.75) is 50.3 Å². The highest BCUT2D eigenvalue weighted by Crippen LogP contribution is 2.35. The van der Waals surface area contributed by atoms with E-state index in [-0.39, 0.29) is 5.54 Å². The number of hydrogen-bond acceptors (Lipinski definition) is 4. The van der Waals surface area contributed by atoms with E-state index >= 15 is 0 Å². The van der Waals surface area contributed by atoms with Crippen LogP contribution in [0, 0.1) is 0 Å². The third-order valence-corrected chi connectivity index (χ3v) is 4.46. The highest BCUT2D eigenvalue weighted by atomic mass is 16.5. The summed E-state index contributed by atoms with van der Waals surface area (Å²) in [6, 6.07) is 0.578. The van der Waals surface area contributed by atoms with E-state index in [0.717, 1.165) is 26.2 Å². The lowest BCUT2D eigenvalue weighted by molar-refractivity contribution is -0.0981. The van der Waals surface area contributed by atoms with E-state index in [0.29, 0.717) is 18.7 Å². The van der Waals surface area contributed by atoms with Gasteiger partial charge in [-0.3, -0.25) is 4.90 Å². The summed E-state index contributed by atoms with van der Waals surface area (Å²) in [5, 5.41) is 0. The van der Waals surface area contributed by atoms with Gasteiger partial charge in [-0.1, -0.05) is 0 Å². The van der Waals surface area contributed by atoms with E-state index in [1.807, 2.05) is 0 Å². The summed E-state index contributed by atoms with van der Waals surface area (Å²) >= 11 is 0. The topological polar surface area (TPSA) is 47.7 Å². The van der Waals surface area contributed by atoms with E-state index in [4.69, 9.17) is 15.2 Å². The Morgan fingerprint density at radius 2 is 2.29 bits per heavy atom. The number of rotatable bonds is 5. The molecule has 2 rings (SSSR count). The Kier molecular flexibility index (Phi) is 4.42. The van der Waals surface area contributed by atoms with Gasteiger partial charge < -0.3 is 15.2 Å². The van der Waals surface area contributed by atoms with Crippen molar-refractivity contribution in [3.05, 3.63) is 0 Å². The van der Waals surface area contributed by atoms with Gasteiger partial charge in [-0.05, 0) is 32.6 Å². The molecule has 1 saturated carbocycles. The molecule has 0 aromatic heterocycles. The van der Waals surface area contributed by atoms with Crippen molar-refractivity contribution in [2.75, 3.05) is 33.4 Å². The van der Waals surface area contributed by atoms with Gasteiger partial charge in [-0.15, -0.1) is 0 Å². The molecule has 1 saturated heterocycles. The molecule has 1 aliphatic carbocycles. The number of nitrogens with two attached hydrogens (primary N) is 1. The Labute approximate surface area is 104 Å². The van der Waals surface area contributed by atoms with Crippen LogP contribution in [0.5, 0.6) is 0 Å². The van der Waals surface area contributed by atoms with E-state index in [1.165, 1.54) is 19.3 Å². The molecule has 100 valence electrons. The largest absolute Gasteiger partial charge is 0.385 e. The average Bonchev–Trinajstić information content (AvgIpc) is 2.83. The quantitative estimate of drug-likeness (QED) is 0.781. The number of hydrogen-bond donors (Lipinski definition) is 1. The molecule has 0 aromatic carbocycles. The lowest BCUT2D eigenvalue weighted by Gasteiger charge is -2.48. The predicted molar refractivity (Wildman–Crippen MR) is 68.0 cm³/mol. The zero-order chi connectivity index (χ0) is 12.3. The minimum Gasteiger partial charge on any atom is -0.385 e. The van der Waals surface area contributed by atoms with Crippen molar-refractivity contribution in [3.63, 3.8) is 0 Å². The number of methoxy groups -OCH3 is 1. The van der Waals surface area contributed by atoms with Crippen LogP contribution in [0.1, 0.15) is 32.6 Å². The molecule has 2 aliphatic rings. The maximum atomic E-state index is 6.02. The van der Waals surface area contributed by atoms with Crippen molar-refractivity contribution in [1.82, 2.24) is 4.90 Å². The standard InChI is InChI=1S/C13H26N2O2/c1-13(10-14,6-8-16-2)15-7-9-17-12-5-3-4-11(12)15/h11-12H,3-10,14H2,1-2H3. The summed E-state index contributed by atoms with van der Waals surface area (Å²) in [5.74, 6) is 0. The second-order valence-corrected chi connectivity index (χ2v) is 5.54. The Balaban J connectivity index is 2.06. The zero-order valence-electron chi connectivity index (χ0n) is 11.2.